The molecule has 0 amide bonds. The molecular weight excluding hydrogens is 284 g/mol. The molecule has 0 bridgehead atoms. The summed E-state index contributed by atoms with van der Waals surface area (Å²) in [5.74, 6) is 0.932. The number of aromatic amines is 1. The summed E-state index contributed by atoms with van der Waals surface area (Å²) in [6.07, 6.45) is 1.97. The van der Waals surface area contributed by atoms with Crippen molar-refractivity contribution in [3.63, 3.8) is 0 Å². The summed E-state index contributed by atoms with van der Waals surface area (Å²) in [6, 6.07) is 16.7. The summed E-state index contributed by atoms with van der Waals surface area (Å²) in [5.41, 5.74) is 3.64. The average molecular weight is 303 g/mol. The Morgan fingerprint density at radius 1 is 1.05 bits per heavy atom. The number of hydrogen-bond acceptors (Lipinski definition) is 2. The Bertz CT molecular complexity index is 709. The summed E-state index contributed by atoms with van der Waals surface area (Å²) in [7, 11) is 1.71. The van der Waals surface area contributed by atoms with Crippen molar-refractivity contribution in [1.82, 2.24) is 10.3 Å². The molecule has 3 nitrogen and oxygen atoms in total. The lowest BCUT2D eigenvalue weighted by molar-refractivity contribution is 0.407. The molecule has 2 aromatic carbocycles. The first-order chi connectivity index (χ1) is 9.86. The molecule has 0 saturated heterocycles. The van der Waals surface area contributed by atoms with Crippen molar-refractivity contribution in [3.05, 3.63) is 65.9 Å². The number of methoxy groups -OCH3 is 1. The van der Waals surface area contributed by atoms with Crippen LogP contribution in [-0.2, 0) is 13.1 Å². The van der Waals surface area contributed by atoms with Crippen LogP contribution in [0.3, 0.4) is 0 Å². The van der Waals surface area contributed by atoms with Crippen LogP contribution in [0.15, 0.2) is 54.7 Å². The molecule has 110 valence electrons. The van der Waals surface area contributed by atoms with Crippen molar-refractivity contribution in [1.29, 1.82) is 0 Å². The van der Waals surface area contributed by atoms with Gasteiger partial charge in [0.05, 0.1) is 7.11 Å². The lowest BCUT2D eigenvalue weighted by atomic mass is 10.1. The fourth-order valence-corrected chi connectivity index (χ4v) is 2.40. The van der Waals surface area contributed by atoms with Gasteiger partial charge in [0, 0.05) is 30.4 Å². The highest BCUT2D eigenvalue weighted by molar-refractivity contribution is 5.85. The first-order valence-electron chi connectivity index (χ1n) is 6.75. The smallest absolute Gasteiger partial charge is 0.123 e. The molecule has 3 rings (SSSR count). The quantitative estimate of drug-likeness (QED) is 0.750. The van der Waals surface area contributed by atoms with Gasteiger partial charge in [-0.05, 0) is 35.2 Å². The zero-order valence-electron chi connectivity index (χ0n) is 11.9. The summed E-state index contributed by atoms with van der Waals surface area (Å²) in [5, 5.41) is 4.71. The lowest BCUT2D eigenvalue weighted by Gasteiger charge is -2.09. The van der Waals surface area contributed by atoms with Crippen LogP contribution in [0.1, 0.15) is 11.1 Å². The summed E-state index contributed by atoms with van der Waals surface area (Å²) in [4.78, 5) is 3.21. The zero-order valence-corrected chi connectivity index (χ0v) is 12.7. The van der Waals surface area contributed by atoms with Crippen LogP contribution in [0.25, 0.3) is 10.9 Å². The van der Waals surface area contributed by atoms with Gasteiger partial charge in [-0.3, -0.25) is 0 Å². The Morgan fingerprint density at radius 3 is 2.76 bits per heavy atom. The molecule has 0 aliphatic heterocycles. The number of ether oxygens (including phenoxy) is 1. The third-order valence-electron chi connectivity index (χ3n) is 3.45. The number of H-pyrrole nitrogens is 1. The van der Waals surface area contributed by atoms with Gasteiger partial charge in [-0.1, -0.05) is 24.3 Å². The van der Waals surface area contributed by atoms with E-state index in [0.29, 0.717) is 0 Å². The number of para-hydroxylation sites is 1. The van der Waals surface area contributed by atoms with Crippen molar-refractivity contribution < 1.29 is 4.74 Å². The SMILES string of the molecule is COc1ccccc1CNCc1ccc2[nH]ccc2c1.Cl. The first-order valence-corrected chi connectivity index (χ1v) is 6.75. The van der Waals surface area contributed by atoms with E-state index in [1.807, 2.05) is 24.4 Å². The van der Waals surface area contributed by atoms with E-state index in [9.17, 15) is 0 Å². The molecule has 0 atom stereocenters. The maximum Gasteiger partial charge on any atom is 0.123 e. The van der Waals surface area contributed by atoms with Crippen LogP contribution < -0.4 is 10.1 Å². The van der Waals surface area contributed by atoms with Gasteiger partial charge in [0.15, 0.2) is 0 Å². The number of fused-ring (bicyclic) bond motifs is 1. The maximum atomic E-state index is 5.35. The average Bonchev–Trinajstić information content (AvgIpc) is 2.95. The van der Waals surface area contributed by atoms with Crippen LogP contribution in [0.5, 0.6) is 5.75 Å². The Labute approximate surface area is 130 Å². The van der Waals surface area contributed by atoms with E-state index in [1.165, 1.54) is 22.0 Å². The van der Waals surface area contributed by atoms with Crippen LogP contribution in [-0.4, -0.2) is 12.1 Å². The fourth-order valence-electron chi connectivity index (χ4n) is 2.40. The van der Waals surface area contributed by atoms with Gasteiger partial charge < -0.3 is 15.0 Å². The van der Waals surface area contributed by atoms with E-state index in [4.69, 9.17) is 4.74 Å². The molecule has 3 aromatic rings. The number of hydrogen-bond donors (Lipinski definition) is 2. The highest BCUT2D eigenvalue weighted by atomic mass is 35.5. The third kappa shape index (κ3) is 3.57. The topological polar surface area (TPSA) is 37.0 Å². The van der Waals surface area contributed by atoms with E-state index >= 15 is 0 Å². The molecule has 1 heterocycles. The number of benzene rings is 2. The second kappa shape index (κ2) is 7.16. The molecule has 0 aliphatic carbocycles. The monoisotopic (exact) mass is 302 g/mol. The molecule has 0 aliphatic rings. The normalized spacial score (nSPS) is 10.3. The number of rotatable bonds is 5. The van der Waals surface area contributed by atoms with E-state index in [2.05, 4.69) is 40.6 Å². The minimum absolute atomic E-state index is 0. The van der Waals surface area contributed by atoms with Crippen LogP contribution >= 0.6 is 12.4 Å². The Hall–Kier alpha value is -1.97. The molecule has 0 radical (unpaired) electrons. The molecule has 0 unspecified atom stereocenters. The molecular formula is C17H19ClN2O. The Kier molecular flexibility index (Phi) is 5.26. The molecule has 4 heteroatoms. The van der Waals surface area contributed by atoms with Gasteiger partial charge in [-0.2, -0.15) is 0 Å². The molecule has 2 N–H and O–H groups in total. The maximum absolute atomic E-state index is 5.35. The van der Waals surface area contributed by atoms with Gasteiger partial charge >= 0.3 is 0 Å². The fraction of sp³-hybridized carbons (Fsp3) is 0.176. The van der Waals surface area contributed by atoms with Crippen molar-refractivity contribution in [2.24, 2.45) is 0 Å². The van der Waals surface area contributed by atoms with Gasteiger partial charge in [-0.15, -0.1) is 12.4 Å². The summed E-state index contributed by atoms with van der Waals surface area (Å²) in [6.45, 7) is 1.65. The highest BCUT2D eigenvalue weighted by Gasteiger charge is 2.01. The summed E-state index contributed by atoms with van der Waals surface area (Å²) < 4.78 is 5.35. The van der Waals surface area contributed by atoms with Crippen LogP contribution in [0, 0.1) is 0 Å². The standard InChI is InChI=1S/C17H18N2O.ClH/c1-20-17-5-3-2-4-15(17)12-18-11-13-6-7-16-14(10-13)8-9-19-16;/h2-10,18-19H,11-12H2,1H3;1H. The predicted octanol–water partition coefficient (Wildman–Crippen LogP) is 3.89. The summed E-state index contributed by atoms with van der Waals surface area (Å²) >= 11 is 0. The molecule has 1 aromatic heterocycles. The zero-order chi connectivity index (χ0) is 13.8. The van der Waals surface area contributed by atoms with E-state index in [0.717, 1.165) is 18.8 Å². The van der Waals surface area contributed by atoms with Gasteiger partial charge in [0.25, 0.3) is 0 Å². The molecule has 0 spiro atoms. The molecule has 0 saturated carbocycles. The van der Waals surface area contributed by atoms with Gasteiger partial charge in [-0.25, -0.2) is 0 Å². The van der Waals surface area contributed by atoms with E-state index in [-0.39, 0.29) is 12.4 Å². The van der Waals surface area contributed by atoms with Crippen molar-refractivity contribution in [3.8, 4) is 5.75 Å². The second-order valence-electron chi connectivity index (χ2n) is 4.81. The lowest BCUT2D eigenvalue weighted by Crippen LogP contribution is -2.13. The minimum atomic E-state index is 0. The van der Waals surface area contributed by atoms with Gasteiger partial charge in [0.1, 0.15) is 5.75 Å². The van der Waals surface area contributed by atoms with E-state index < -0.39 is 0 Å². The predicted molar refractivity (Wildman–Crippen MR) is 89.1 cm³/mol. The van der Waals surface area contributed by atoms with Crippen molar-refractivity contribution in [2.75, 3.05) is 7.11 Å². The largest absolute Gasteiger partial charge is 0.496 e. The second-order valence-corrected chi connectivity index (χ2v) is 4.81. The Morgan fingerprint density at radius 2 is 1.90 bits per heavy atom. The molecule has 0 fully saturated rings. The van der Waals surface area contributed by atoms with E-state index in [1.54, 1.807) is 7.11 Å². The third-order valence-corrected chi connectivity index (χ3v) is 3.45. The Balaban J connectivity index is 0.00000161. The minimum Gasteiger partial charge on any atom is -0.496 e. The molecule has 21 heavy (non-hydrogen) atoms. The number of halogens is 1. The van der Waals surface area contributed by atoms with Crippen molar-refractivity contribution >= 4 is 23.3 Å². The highest BCUT2D eigenvalue weighted by Crippen LogP contribution is 2.17. The first kappa shape index (κ1) is 15.4. The van der Waals surface area contributed by atoms with Crippen LogP contribution in [0.2, 0.25) is 0 Å². The number of aromatic nitrogens is 1. The van der Waals surface area contributed by atoms with Crippen molar-refractivity contribution in [2.45, 2.75) is 13.1 Å². The number of nitrogens with one attached hydrogen (secondary N) is 2. The van der Waals surface area contributed by atoms with Crippen LogP contribution in [0.4, 0.5) is 0 Å². The van der Waals surface area contributed by atoms with Gasteiger partial charge in [0.2, 0.25) is 0 Å².